The van der Waals surface area contributed by atoms with E-state index in [1.54, 1.807) is 12.5 Å². The molecule has 3 rings (SSSR count). The normalized spacial score (nSPS) is 11.4. The molecule has 0 aliphatic rings. The second-order valence-corrected chi connectivity index (χ2v) is 6.29. The van der Waals surface area contributed by atoms with Crippen molar-refractivity contribution < 1.29 is 13.8 Å². The molecule has 1 N–H and O–H groups in total. The number of hydrogen-bond donors (Lipinski definition) is 1. The van der Waals surface area contributed by atoms with Crippen molar-refractivity contribution in [3.8, 4) is 11.1 Å². The second-order valence-electron chi connectivity index (χ2n) is 4.91. The molecule has 0 fully saturated rings. The van der Waals surface area contributed by atoms with Gasteiger partial charge in [-0.2, -0.15) is 25.0 Å². The van der Waals surface area contributed by atoms with Crippen molar-refractivity contribution in [2.24, 2.45) is 0 Å². The van der Waals surface area contributed by atoms with Gasteiger partial charge in [0.25, 0.3) is 0 Å². The summed E-state index contributed by atoms with van der Waals surface area (Å²) in [6.45, 7) is 0. The summed E-state index contributed by atoms with van der Waals surface area (Å²) in [5, 5.41) is 10.3. The van der Waals surface area contributed by atoms with Crippen LogP contribution in [0.25, 0.3) is 23.3 Å². The van der Waals surface area contributed by atoms with Gasteiger partial charge in [0, 0.05) is 22.0 Å². The van der Waals surface area contributed by atoms with E-state index in [2.05, 4.69) is 39.7 Å². The lowest BCUT2D eigenvalue weighted by Crippen LogP contribution is -1.86. The first kappa shape index (κ1) is 18.2. The monoisotopic (exact) mass is 353 g/mol. The maximum absolute atomic E-state index is 11.4. The molecule has 126 valence electrons. The smallest absolute Gasteiger partial charge is 0.255 e. The summed E-state index contributed by atoms with van der Waals surface area (Å²) in [4.78, 5) is 17.1. The first-order valence-electron chi connectivity index (χ1n) is 7.21. The minimum atomic E-state index is -0.938. The van der Waals surface area contributed by atoms with Crippen molar-refractivity contribution in [3.05, 3.63) is 66.0 Å². The molecule has 1 atom stereocenters. The molecule has 1 unspecified atom stereocenters. The molecular formula is C18H15N3O3S. The van der Waals surface area contributed by atoms with E-state index in [0.29, 0.717) is 0 Å². The Balaban J connectivity index is 0.000000701. The number of carbonyl (C=O) groups excluding carboxylic acids is 2. The Morgan fingerprint density at radius 3 is 2.00 bits per heavy atom. The molecule has 3 aromatic rings. The van der Waals surface area contributed by atoms with Crippen LogP contribution in [0.15, 0.2) is 59.6 Å². The van der Waals surface area contributed by atoms with E-state index in [4.69, 9.17) is 9.59 Å². The van der Waals surface area contributed by atoms with E-state index >= 15 is 0 Å². The van der Waals surface area contributed by atoms with Crippen molar-refractivity contribution in [2.75, 3.05) is 6.26 Å². The van der Waals surface area contributed by atoms with Crippen LogP contribution in [0.1, 0.15) is 11.3 Å². The van der Waals surface area contributed by atoms with Crippen molar-refractivity contribution in [1.29, 1.82) is 0 Å². The first-order valence-corrected chi connectivity index (χ1v) is 8.77. The zero-order valence-corrected chi connectivity index (χ0v) is 14.2. The van der Waals surface area contributed by atoms with Gasteiger partial charge in [-0.3, -0.25) is 4.21 Å². The van der Waals surface area contributed by atoms with Gasteiger partial charge in [0.1, 0.15) is 5.69 Å². The Hall–Kier alpha value is -3.15. The maximum Gasteiger partial charge on any atom is 0.373 e. The highest BCUT2D eigenvalue weighted by Gasteiger charge is 2.00. The van der Waals surface area contributed by atoms with E-state index in [9.17, 15) is 4.21 Å². The number of benzene rings is 2. The van der Waals surface area contributed by atoms with Crippen molar-refractivity contribution in [3.63, 3.8) is 0 Å². The SMILES string of the molecule is CS(=O)c1ccc(-c2ccc(C=Cc3cn[nH]n3)cc2)cc1.O=C=O. The van der Waals surface area contributed by atoms with Crippen molar-refractivity contribution in [2.45, 2.75) is 4.90 Å². The third kappa shape index (κ3) is 5.46. The Morgan fingerprint density at radius 2 is 1.52 bits per heavy atom. The van der Waals surface area contributed by atoms with Gasteiger partial charge in [-0.15, -0.1) is 0 Å². The molecule has 1 aromatic heterocycles. The van der Waals surface area contributed by atoms with Gasteiger partial charge in [-0.1, -0.05) is 42.5 Å². The fourth-order valence-corrected chi connectivity index (χ4v) is 2.62. The Morgan fingerprint density at radius 1 is 0.960 bits per heavy atom. The quantitative estimate of drug-likeness (QED) is 0.778. The number of rotatable bonds is 4. The second kappa shape index (κ2) is 9.22. The summed E-state index contributed by atoms with van der Waals surface area (Å²) in [6, 6.07) is 16.1. The van der Waals surface area contributed by atoms with Crippen LogP contribution in [-0.4, -0.2) is 32.0 Å². The highest BCUT2D eigenvalue weighted by molar-refractivity contribution is 7.84. The van der Waals surface area contributed by atoms with E-state index in [1.165, 1.54) is 0 Å². The fraction of sp³-hybridized carbons (Fsp3) is 0.0556. The van der Waals surface area contributed by atoms with Gasteiger partial charge in [0.05, 0.1) is 6.20 Å². The lowest BCUT2D eigenvalue weighted by Gasteiger charge is -2.03. The van der Waals surface area contributed by atoms with Gasteiger partial charge in [-0.25, -0.2) is 0 Å². The van der Waals surface area contributed by atoms with Crippen LogP contribution >= 0.6 is 0 Å². The van der Waals surface area contributed by atoms with Gasteiger partial charge < -0.3 is 0 Å². The number of aromatic amines is 1. The number of nitrogens with zero attached hydrogens (tertiary/aromatic N) is 2. The largest absolute Gasteiger partial charge is 0.373 e. The van der Waals surface area contributed by atoms with Crippen LogP contribution in [-0.2, 0) is 20.4 Å². The molecule has 0 saturated carbocycles. The lowest BCUT2D eigenvalue weighted by molar-refractivity contribution is -0.191. The van der Waals surface area contributed by atoms with Gasteiger partial charge in [-0.05, 0) is 34.9 Å². The predicted molar refractivity (Wildman–Crippen MR) is 94.5 cm³/mol. The summed E-state index contributed by atoms with van der Waals surface area (Å²) >= 11 is 0. The van der Waals surface area contributed by atoms with Crippen LogP contribution in [0.4, 0.5) is 0 Å². The Bertz CT molecular complexity index is 880. The molecule has 0 spiro atoms. The van der Waals surface area contributed by atoms with Crippen LogP contribution in [0, 0.1) is 0 Å². The van der Waals surface area contributed by atoms with Gasteiger partial charge >= 0.3 is 6.15 Å². The molecule has 25 heavy (non-hydrogen) atoms. The molecule has 2 aromatic carbocycles. The fourth-order valence-electron chi connectivity index (χ4n) is 2.10. The molecular weight excluding hydrogens is 338 g/mol. The van der Waals surface area contributed by atoms with E-state index < -0.39 is 10.8 Å². The highest BCUT2D eigenvalue weighted by atomic mass is 32.2. The molecule has 0 amide bonds. The van der Waals surface area contributed by atoms with Gasteiger partial charge in [0.2, 0.25) is 0 Å². The summed E-state index contributed by atoms with van der Waals surface area (Å²) in [5.41, 5.74) is 4.14. The van der Waals surface area contributed by atoms with Crippen LogP contribution in [0.3, 0.4) is 0 Å². The zero-order chi connectivity index (χ0) is 18.1. The summed E-state index contributed by atoms with van der Waals surface area (Å²) in [5.74, 6) is 0. The summed E-state index contributed by atoms with van der Waals surface area (Å²) < 4.78 is 11.4. The minimum absolute atomic E-state index is 0.250. The summed E-state index contributed by atoms with van der Waals surface area (Å²) in [6.07, 6.45) is 7.50. The number of hydrogen-bond acceptors (Lipinski definition) is 5. The first-order chi connectivity index (χ1) is 12.1. The molecule has 0 bridgehead atoms. The number of nitrogens with one attached hydrogen (secondary N) is 1. The molecule has 0 aliphatic heterocycles. The molecule has 0 saturated heterocycles. The standard InChI is InChI=1S/C17H15N3OS.CO2/c1-22(21)17-10-7-15(8-11-17)14-5-2-13(3-6-14)4-9-16-12-18-20-19-16;2-1-3/h2-12H,1H3,(H,18,19,20);. The third-order valence-electron chi connectivity index (χ3n) is 3.31. The lowest BCUT2D eigenvalue weighted by atomic mass is 10.0. The summed E-state index contributed by atoms with van der Waals surface area (Å²) in [7, 11) is -0.938. The van der Waals surface area contributed by atoms with Crippen LogP contribution in [0.5, 0.6) is 0 Å². The maximum atomic E-state index is 11.4. The average Bonchev–Trinajstić information content (AvgIpc) is 3.15. The predicted octanol–water partition coefficient (Wildman–Crippen LogP) is 2.80. The van der Waals surface area contributed by atoms with Crippen LogP contribution < -0.4 is 0 Å². The van der Waals surface area contributed by atoms with Crippen molar-refractivity contribution in [1.82, 2.24) is 15.4 Å². The van der Waals surface area contributed by atoms with Crippen LogP contribution in [0.2, 0.25) is 0 Å². The molecule has 6 nitrogen and oxygen atoms in total. The zero-order valence-electron chi connectivity index (χ0n) is 13.4. The van der Waals surface area contributed by atoms with Gasteiger partial charge in [0.15, 0.2) is 0 Å². The minimum Gasteiger partial charge on any atom is -0.255 e. The van der Waals surface area contributed by atoms with E-state index in [1.807, 2.05) is 36.4 Å². The third-order valence-corrected chi connectivity index (χ3v) is 4.25. The number of H-pyrrole nitrogens is 1. The topological polar surface area (TPSA) is 92.8 Å². The highest BCUT2D eigenvalue weighted by Crippen LogP contribution is 2.21. The van der Waals surface area contributed by atoms with E-state index in [-0.39, 0.29) is 6.15 Å². The molecule has 0 radical (unpaired) electrons. The number of aromatic nitrogens is 3. The Kier molecular flexibility index (Phi) is 6.71. The molecule has 1 heterocycles. The molecule has 7 heteroatoms. The average molecular weight is 353 g/mol. The molecule has 0 aliphatic carbocycles. The van der Waals surface area contributed by atoms with E-state index in [0.717, 1.165) is 27.3 Å². The Labute approximate surface area is 147 Å². The van der Waals surface area contributed by atoms with Crippen molar-refractivity contribution >= 4 is 29.1 Å².